The Morgan fingerprint density at radius 2 is 1.92 bits per heavy atom. The van der Waals surface area contributed by atoms with Gasteiger partial charge in [0.05, 0.1) is 0 Å². The average Bonchev–Trinajstić information content (AvgIpc) is 3.44. The first kappa shape index (κ1) is 16.5. The van der Waals surface area contributed by atoms with Crippen molar-refractivity contribution in [1.82, 2.24) is 15.2 Å². The summed E-state index contributed by atoms with van der Waals surface area (Å²) < 4.78 is 0. The minimum atomic E-state index is -0.122. The van der Waals surface area contributed by atoms with E-state index in [0.717, 1.165) is 18.4 Å². The number of aromatic nitrogens is 1. The van der Waals surface area contributed by atoms with Crippen LogP contribution in [0.4, 0.5) is 0 Å². The predicted octanol–water partition coefficient (Wildman–Crippen LogP) is 2.90. The summed E-state index contributed by atoms with van der Waals surface area (Å²) in [7, 11) is 1.60. The molecule has 2 amide bonds. The van der Waals surface area contributed by atoms with E-state index in [2.05, 4.69) is 10.3 Å². The van der Waals surface area contributed by atoms with Crippen LogP contribution in [0.2, 0.25) is 5.15 Å². The average molecular weight is 344 g/mol. The standard InChI is InChI=1S/C18H18ClN3O2/c1-20-17(23)13-4-2-12(3-5-13)11-22(15-6-7-15)18(24)14-8-9-21-16(19)10-14/h2-5,8-10,15H,6-7,11H2,1H3,(H,20,23). The number of nitrogens with zero attached hydrogens (tertiary/aromatic N) is 2. The summed E-state index contributed by atoms with van der Waals surface area (Å²) in [6, 6.07) is 10.8. The fourth-order valence-corrected chi connectivity index (χ4v) is 2.73. The third-order valence-electron chi connectivity index (χ3n) is 4.02. The first-order valence-corrected chi connectivity index (χ1v) is 8.20. The van der Waals surface area contributed by atoms with Gasteiger partial charge in [-0.3, -0.25) is 9.59 Å². The Kier molecular flexibility index (Phi) is 4.81. The number of amides is 2. The van der Waals surface area contributed by atoms with Crippen LogP contribution in [0.15, 0.2) is 42.6 Å². The van der Waals surface area contributed by atoms with Gasteiger partial charge in [-0.25, -0.2) is 4.98 Å². The van der Waals surface area contributed by atoms with Gasteiger partial charge in [0.2, 0.25) is 0 Å². The van der Waals surface area contributed by atoms with Gasteiger partial charge in [0.25, 0.3) is 11.8 Å². The van der Waals surface area contributed by atoms with Crippen LogP contribution >= 0.6 is 11.6 Å². The molecule has 1 N–H and O–H groups in total. The summed E-state index contributed by atoms with van der Waals surface area (Å²) in [5.41, 5.74) is 2.14. The van der Waals surface area contributed by atoms with Gasteiger partial charge in [-0.05, 0) is 42.7 Å². The third-order valence-corrected chi connectivity index (χ3v) is 4.22. The van der Waals surface area contributed by atoms with E-state index in [-0.39, 0.29) is 17.9 Å². The lowest BCUT2D eigenvalue weighted by Crippen LogP contribution is -2.32. The van der Waals surface area contributed by atoms with Crippen LogP contribution in [0.25, 0.3) is 0 Å². The first-order valence-electron chi connectivity index (χ1n) is 7.82. The summed E-state index contributed by atoms with van der Waals surface area (Å²) in [5, 5.41) is 2.90. The van der Waals surface area contributed by atoms with Gasteiger partial charge < -0.3 is 10.2 Å². The molecule has 5 nitrogen and oxygen atoms in total. The molecule has 6 heteroatoms. The van der Waals surface area contributed by atoms with Crippen LogP contribution in [0.1, 0.15) is 39.1 Å². The molecule has 0 spiro atoms. The number of carbonyl (C=O) groups excluding carboxylic acids is 2. The highest BCUT2D eigenvalue weighted by atomic mass is 35.5. The fraction of sp³-hybridized carbons (Fsp3) is 0.278. The van der Waals surface area contributed by atoms with E-state index in [9.17, 15) is 9.59 Å². The van der Waals surface area contributed by atoms with Gasteiger partial charge in [-0.1, -0.05) is 23.7 Å². The largest absolute Gasteiger partial charge is 0.355 e. The second-order valence-electron chi connectivity index (χ2n) is 5.81. The Morgan fingerprint density at radius 3 is 2.50 bits per heavy atom. The van der Waals surface area contributed by atoms with Crippen molar-refractivity contribution in [2.75, 3.05) is 7.05 Å². The SMILES string of the molecule is CNC(=O)c1ccc(CN(C(=O)c2ccnc(Cl)c2)C2CC2)cc1. The zero-order chi connectivity index (χ0) is 17.1. The molecule has 1 aromatic heterocycles. The maximum Gasteiger partial charge on any atom is 0.254 e. The van der Waals surface area contributed by atoms with Crippen molar-refractivity contribution >= 4 is 23.4 Å². The lowest BCUT2D eigenvalue weighted by atomic mass is 10.1. The van der Waals surface area contributed by atoms with Crippen molar-refractivity contribution in [1.29, 1.82) is 0 Å². The lowest BCUT2D eigenvalue weighted by Gasteiger charge is -2.23. The normalized spacial score (nSPS) is 13.4. The number of pyridine rings is 1. The Morgan fingerprint density at radius 1 is 1.21 bits per heavy atom. The molecule has 1 saturated carbocycles. The van der Waals surface area contributed by atoms with Crippen LogP contribution in [0.5, 0.6) is 0 Å². The predicted molar refractivity (Wildman–Crippen MR) is 92.0 cm³/mol. The van der Waals surface area contributed by atoms with Gasteiger partial charge in [0, 0.05) is 37.0 Å². The van der Waals surface area contributed by atoms with E-state index in [1.165, 1.54) is 0 Å². The van der Waals surface area contributed by atoms with Gasteiger partial charge in [-0.2, -0.15) is 0 Å². The van der Waals surface area contributed by atoms with Crippen LogP contribution < -0.4 is 5.32 Å². The maximum absolute atomic E-state index is 12.8. The molecule has 1 aliphatic carbocycles. The van der Waals surface area contributed by atoms with E-state index in [1.807, 2.05) is 17.0 Å². The summed E-state index contributed by atoms with van der Waals surface area (Å²) in [4.78, 5) is 30.2. The van der Waals surface area contributed by atoms with Gasteiger partial charge >= 0.3 is 0 Å². The molecule has 1 aliphatic rings. The smallest absolute Gasteiger partial charge is 0.254 e. The number of benzene rings is 1. The number of carbonyl (C=O) groups is 2. The summed E-state index contributed by atoms with van der Waals surface area (Å²) in [6.07, 6.45) is 3.57. The monoisotopic (exact) mass is 343 g/mol. The third kappa shape index (κ3) is 3.74. The van der Waals surface area contributed by atoms with Crippen LogP contribution in [-0.2, 0) is 6.54 Å². The highest BCUT2D eigenvalue weighted by Gasteiger charge is 2.33. The van der Waals surface area contributed by atoms with Crippen molar-refractivity contribution in [3.8, 4) is 0 Å². The van der Waals surface area contributed by atoms with Crippen molar-refractivity contribution < 1.29 is 9.59 Å². The Balaban J connectivity index is 1.77. The Labute approximate surface area is 145 Å². The zero-order valence-corrected chi connectivity index (χ0v) is 14.1. The van der Waals surface area contributed by atoms with E-state index < -0.39 is 0 Å². The topological polar surface area (TPSA) is 62.3 Å². The molecular formula is C18H18ClN3O2. The number of hydrogen-bond acceptors (Lipinski definition) is 3. The zero-order valence-electron chi connectivity index (χ0n) is 13.3. The second kappa shape index (κ2) is 7.01. The van der Waals surface area contributed by atoms with Crippen molar-refractivity contribution in [3.63, 3.8) is 0 Å². The fourth-order valence-electron chi connectivity index (χ4n) is 2.56. The highest BCUT2D eigenvalue weighted by molar-refractivity contribution is 6.29. The van der Waals surface area contributed by atoms with E-state index in [1.54, 1.807) is 37.5 Å². The van der Waals surface area contributed by atoms with Crippen molar-refractivity contribution in [3.05, 3.63) is 64.4 Å². The number of rotatable bonds is 5. The molecule has 1 fully saturated rings. The van der Waals surface area contributed by atoms with Crippen molar-refractivity contribution in [2.24, 2.45) is 0 Å². The Hall–Kier alpha value is -2.40. The molecule has 124 valence electrons. The van der Waals surface area contributed by atoms with E-state index >= 15 is 0 Å². The summed E-state index contributed by atoms with van der Waals surface area (Å²) >= 11 is 5.89. The lowest BCUT2D eigenvalue weighted by molar-refractivity contribution is 0.0729. The molecular weight excluding hydrogens is 326 g/mol. The van der Waals surface area contributed by atoms with E-state index in [0.29, 0.717) is 22.8 Å². The molecule has 1 aromatic carbocycles. The molecule has 0 saturated heterocycles. The minimum Gasteiger partial charge on any atom is -0.355 e. The number of nitrogens with one attached hydrogen (secondary N) is 1. The molecule has 2 aromatic rings. The molecule has 0 aliphatic heterocycles. The van der Waals surface area contributed by atoms with Crippen molar-refractivity contribution in [2.45, 2.75) is 25.4 Å². The van der Waals surface area contributed by atoms with Gasteiger partial charge in [-0.15, -0.1) is 0 Å². The minimum absolute atomic E-state index is 0.0443. The molecule has 0 unspecified atom stereocenters. The number of halogens is 1. The van der Waals surface area contributed by atoms with Crippen LogP contribution in [0, 0.1) is 0 Å². The molecule has 0 atom stereocenters. The van der Waals surface area contributed by atoms with Crippen LogP contribution in [-0.4, -0.2) is 34.8 Å². The molecule has 3 rings (SSSR count). The maximum atomic E-state index is 12.8. The summed E-state index contributed by atoms with van der Waals surface area (Å²) in [6.45, 7) is 0.511. The number of hydrogen-bond donors (Lipinski definition) is 1. The van der Waals surface area contributed by atoms with Gasteiger partial charge in [0.1, 0.15) is 5.15 Å². The second-order valence-corrected chi connectivity index (χ2v) is 6.19. The first-order chi connectivity index (χ1) is 11.6. The molecule has 1 heterocycles. The molecule has 24 heavy (non-hydrogen) atoms. The highest BCUT2D eigenvalue weighted by Crippen LogP contribution is 2.30. The van der Waals surface area contributed by atoms with E-state index in [4.69, 9.17) is 11.6 Å². The molecule has 0 radical (unpaired) electrons. The van der Waals surface area contributed by atoms with Crippen LogP contribution in [0.3, 0.4) is 0 Å². The quantitative estimate of drug-likeness (QED) is 0.849. The Bertz CT molecular complexity index is 757. The summed E-state index contributed by atoms with van der Waals surface area (Å²) in [5.74, 6) is -0.166. The molecule has 0 bridgehead atoms. The van der Waals surface area contributed by atoms with Gasteiger partial charge in [0.15, 0.2) is 0 Å².